The lowest BCUT2D eigenvalue weighted by atomic mass is 9.43. The summed E-state index contributed by atoms with van der Waals surface area (Å²) < 4.78 is 4.16. The van der Waals surface area contributed by atoms with E-state index in [0.29, 0.717) is 22.6 Å². The number of anilines is 1. The van der Waals surface area contributed by atoms with Gasteiger partial charge in [0.2, 0.25) is 5.52 Å². The number of imidazole rings is 1. The average molecular weight is 440 g/mol. The van der Waals surface area contributed by atoms with Crippen molar-refractivity contribution in [1.29, 1.82) is 0 Å². The summed E-state index contributed by atoms with van der Waals surface area (Å²) in [4.78, 5) is 8.55. The number of nitrogens with two attached hydrogens (primary N) is 1. The normalized spacial score (nSPS) is 30.8. The van der Waals surface area contributed by atoms with Crippen molar-refractivity contribution < 1.29 is 10.0 Å². The summed E-state index contributed by atoms with van der Waals surface area (Å²) in [5, 5.41) is 0. The first-order valence-corrected chi connectivity index (χ1v) is 12.0. The maximum atomic E-state index is 6.13. The van der Waals surface area contributed by atoms with Crippen LogP contribution in [-0.4, -0.2) is 20.0 Å². The molecule has 2 aromatic heterocycles. The predicted molar refractivity (Wildman–Crippen MR) is 129 cm³/mol. The van der Waals surface area contributed by atoms with Gasteiger partial charge in [0, 0.05) is 0 Å². The lowest BCUT2D eigenvalue weighted by molar-refractivity contribution is -0.647. The monoisotopic (exact) mass is 439 g/mol. The molecule has 0 radical (unpaired) electrons. The Morgan fingerprint density at radius 1 is 1.31 bits per heavy atom. The Kier molecular flexibility index (Phi) is 6.85. The molecule has 32 heavy (non-hydrogen) atoms. The van der Waals surface area contributed by atoms with Crippen LogP contribution >= 0.6 is 0 Å². The zero-order valence-corrected chi connectivity index (χ0v) is 20.6. The van der Waals surface area contributed by atoms with Crippen molar-refractivity contribution in [3.8, 4) is 0 Å². The lowest BCUT2D eigenvalue weighted by Crippen LogP contribution is -2.52. The first-order chi connectivity index (χ1) is 14.7. The second-order valence-electron chi connectivity index (χ2n) is 10.7. The molecule has 3 N–H and O–H groups in total. The predicted octanol–water partition coefficient (Wildman–Crippen LogP) is 5.19. The van der Waals surface area contributed by atoms with Gasteiger partial charge in [-0.1, -0.05) is 62.4 Å². The fraction of sp³-hybridized carbons (Fsp3) is 0.654. The van der Waals surface area contributed by atoms with Gasteiger partial charge in [-0.25, -0.2) is 4.57 Å². The Hall–Kier alpha value is -2.21. The number of fused-ring (bicyclic) bond motifs is 2. The van der Waals surface area contributed by atoms with E-state index < -0.39 is 0 Å². The Bertz CT molecular complexity index is 1020. The van der Waals surface area contributed by atoms with Crippen LogP contribution in [0.5, 0.6) is 0 Å². The van der Waals surface area contributed by atoms with E-state index in [9.17, 15) is 0 Å². The SMILES string of the molecule is C=C1CC[C@]2(C)[C@@H](C)CCC[C@]2(C)[C@H]1CC/C(C)=C/Cn1c[n+](C)c2ncnc(N)c21.[OH-]. The lowest BCUT2D eigenvalue weighted by Gasteiger charge is -2.61. The Labute approximate surface area is 192 Å². The van der Waals surface area contributed by atoms with Crippen LogP contribution < -0.4 is 10.3 Å². The fourth-order valence-electron chi connectivity index (χ4n) is 6.72. The molecule has 6 heteroatoms. The number of nitrogens with zero attached hydrogens (tertiary/aromatic N) is 4. The molecule has 0 saturated heterocycles. The summed E-state index contributed by atoms with van der Waals surface area (Å²) in [7, 11) is 2.00. The number of allylic oxidation sites excluding steroid dienone is 3. The minimum Gasteiger partial charge on any atom is -0.870 e. The van der Waals surface area contributed by atoms with E-state index in [1.54, 1.807) is 0 Å². The van der Waals surface area contributed by atoms with Gasteiger partial charge in [-0.3, -0.25) is 4.57 Å². The van der Waals surface area contributed by atoms with Gasteiger partial charge in [-0.15, -0.1) is 0 Å². The van der Waals surface area contributed by atoms with E-state index in [-0.39, 0.29) is 5.48 Å². The van der Waals surface area contributed by atoms with Crippen LogP contribution in [0.1, 0.15) is 72.6 Å². The number of hydrogen-bond acceptors (Lipinski definition) is 4. The van der Waals surface area contributed by atoms with Crippen LogP contribution in [-0.2, 0) is 13.6 Å². The minimum atomic E-state index is 0. The van der Waals surface area contributed by atoms with E-state index >= 15 is 0 Å². The van der Waals surface area contributed by atoms with Crippen molar-refractivity contribution in [3.63, 3.8) is 0 Å². The van der Waals surface area contributed by atoms with E-state index in [0.717, 1.165) is 30.0 Å². The van der Waals surface area contributed by atoms with Crippen LogP contribution in [0.3, 0.4) is 0 Å². The molecule has 2 aliphatic rings. The van der Waals surface area contributed by atoms with E-state index in [4.69, 9.17) is 5.73 Å². The molecule has 0 aliphatic heterocycles. The highest BCUT2D eigenvalue weighted by Gasteiger charge is 2.55. The zero-order chi connectivity index (χ0) is 22.4. The summed E-state index contributed by atoms with van der Waals surface area (Å²) >= 11 is 0. The van der Waals surface area contributed by atoms with Crippen molar-refractivity contribution in [2.24, 2.45) is 29.7 Å². The molecule has 2 heterocycles. The summed E-state index contributed by atoms with van der Waals surface area (Å²) in [6.07, 6.45) is 14.9. The standard InChI is InChI=1S/C26H40N5.H2O/c1-18(12-15-31-17-30(6)24-22(31)23(27)28-16-29-24)9-10-21-19(2)11-14-25(4)20(3)8-7-13-26(21,25)5;/h12,16-17,20-21H,2,7-11,13-15H2,1,3-6H3,(H2,27,28,29);1H2/q+1;/p-1/b18-12+;/t20-,21-,25+,26+;/m0./s1. The molecule has 0 unspecified atom stereocenters. The number of hydrogen-bond donors (Lipinski definition) is 1. The van der Waals surface area contributed by atoms with Crippen molar-refractivity contribution in [3.05, 3.63) is 36.5 Å². The maximum absolute atomic E-state index is 6.13. The third kappa shape index (κ3) is 3.87. The van der Waals surface area contributed by atoms with E-state index in [2.05, 4.69) is 61.2 Å². The third-order valence-corrected chi connectivity index (χ3v) is 9.18. The molecule has 176 valence electrons. The molecule has 4 rings (SSSR count). The van der Waals surface area contributed by atoms with Crippen LogP contribution in [0.2, 0.25) is 0 Å². The highest BCUT2D eigenvalue weighted by molar-refractivity contribution is 5.79. The Morgan fingerprint density at radius 3 is 2.81 bits per heavy atom. The summed E-state index contributed by atoms with van der Waals surface area (Å²) in [5.41, 5.74) is 11.7. The maximum Gasteiger partial charge on any atom is 0.307 e. The minimum absolute atomic E-state index is 0. The van der Waals surface area contributed by atoms with Gasteiger partial charge in [0.1, 0.15) is 0 Å². The van der Waals surface area contributed by atoms with Gasteiger partial charge in [0.25, 0.3) is 0 Å². The van der Waals surface area contributed by atoms with E-state index in [1.807, 2.05) is 11.6 Å². The Balaban J connectivity index is 0.00000289. The van der Waals surface area contributed by atoms with Gasteiger partial charge >= 0.3 is 5.65 Å². The topological polar surface area (TPSA) is 90.6 Å². The fourth-order valence-corrected chi connectivity index (χ4v) is 6.72. The van der Waals surface area contributed by atoms with Gasteiger partial charge in [0.05, 0.1) is 13.6 Å². The number of nitrogen functional groups attached to an aromatic ring is 1. The molecule has 2 aromatic rings. The van der Waals surface area contributed by atoms with E-state index in [1.165, 1.54) is 56.0 Å². The number of aromatic nitrogens is 4. The van der Waals surface area contributed by atoms with Gasteiger partial charge in [-0.2, -0.15) is 4.98 Å². The molecule has 6 nitrogen and oxygen atoms in total. The first kappa shape index (κ1) is 24.4. The molecular weight excluding hydrogens is 398 g/mol. The molecule has 2 saturated carbocycles. The van der Waals surface area contributed by atoms with Crippen LogP contribution in [0.15, 0.2) is 36.5 Å². The zero-order valence-electron chi connectivity index (χ0n) is 20.6. The smallest absolute Gasteiger partial charge is 0.307 e. The molecular formula is C26H41N5O. The summed E-state index contributed by atoms with van der Waals surface area (Å²) in [6.45, 7) is 15.2. The molecule has 0 amide bonds. The quantitative estimate of drug-likeness (QED) is 0.513. The molecule has 4 atom stereocenters. The van der Waals surface area contributed by atoms with Gasteiger partial charge < -0.3 is 11.2 Å². The summed E-state index contributed by atoms with van der Waals surface area (Å²) in [5.74, 6) is 1.98. The van der Waals surface area contributed by atoms with Crippen molar-refractivity contribution in [1.82, 2.24) is 14.5 Å². The number of rotatable bonds is 5. The largest absolute Gasteiger partial charge is 0.870 e. The van der Waals surface area contributed by atoms with Crippen molar-refractivity contribution >= 4 is 17.0 Å². The second-order valence-corrected chi connectivity index (χ2v) is 10.7. The number of aryl methyl sites for hydroxylation is 1. The molecule has 2 fully saturated rings. The molecule has 0 spiro atoms. The van der Waals surface area contributed by atoms with Crippen molar-refractivity contribution in [2.45, 2.75) is 79.2 Å². The van der Waals surface area contributed by atoms with Gasteiger partial charge in [-0.05, 0) is 61.7 Å². The molecule has 0 bridgehead atoms. The molecule has 2 aliphatic carbocycles. The molecule has 0 aromatic carbocycles. The van der Waals surface area contributed by atoms with Crippen LogP contribution in [0, 0.1) is 22.7 Å². The summed E-state index contributed by atoms with van der Waals surface area (Å²) in [6, 6.07) is 0. The highest BCUT2D eigenvalue weighted by atomic mass is 16.0. The van der Waals surface area contributed by atoms with Crippen LogP contribution in [0.25, 0.3) is 11.2 Å². The average Bonchev–Trinajstić information content (AvgIpc) is 3.05. The van der Waals surface area contributed by atoms with Crippen molar-refractivity contribution in [2.75, 3.05) is 5.73 Å². The first-order valence-electron chi connectivity index (χ1n) is 12.0. The second kappa shape index (κ2) is 8.97. The third-order valence-electron chi connectivity index (χ3n) is 9.18. The van der Waals surface area contributed by atoms with Gasteiger partial charge in [0.15, 0.2) is 18.5 Å². The Morgan fingerprint density at radius 2 is 2.06 bits per heavy atom. The van der Waals surface area contributed by atoms with Crippen LogP contribution in [0.4, 0.5) is 5.82 Å². The highest BCUT2D eigenvalue weighted by Crippen LogP contribution is 2.65.